The van der Waals surface area contributed by atoms with Gasteiger partial charge in [-0.15, -0.1) is 0 Å². The lowest BCUT2D eigenvalue weighted by Crippen LogP contribution is -2.62. The third-order valence-electron chi connectivity index (χ3n) is 7.68. The van der Waals surface area contributed by atoms with Crippen LogP contribution in [0.25, 0.3) is 0 Å². The molecular formula is C24H31FN4O3. The monoisotopic (exact) mass is 442 g/mol. The summed E-state index contributed by atoms with van der Waals surface area (Å²) in [5, 5.41) is 2.79. The first-order chi connectivity index (χ1) is 15.5. The minimum atomic E-state index is -0.379. The third kappa shape index (κ3) is 4.19. The van der Waals surface area contributed by atoms with Gasteiger partial charge < -0.3 is 20.0 Å². The van der Waals surface area contributed by atoms with E-state index in [1.807, 2.05) is 9.80 Å². The predicted octanol–water partition coefficient (Wildman–Crippen LogP) is 2.93. The number of nitrogens with zero attached hydrogens (tertiary/aromatic N) is 3. The lowest BCUT2D eigenvalue weighted by atomic mass is 9.76. The summed E-state index contributed by atoms with van der Waals surface area (Å²) in [4.78, 5) is 44.1. The molecule has 4 saturated heterocycles. The maximum atomic E-state index is 13.4. The van der Waals surface area contributed by atoms with Crippen molar-refractivity contribution in [2.75, 3.05) is 38.0 Å². The second-order valence-corrected chi connectivity index (χ2v) is 9.82. The Morgan fingerprint density at radius 1 is 1.03 bits per heavy atom. The van der Waals surface area contributed by atoms with Gasteiger partial charge in [-0.1, -0.05) is 6.07 Å². The van der Waals surface area contributed by atoms with Crippen LogP contribution in [0.4, 0.5) is 14.9 Å². The van der Waals surface area contributed by atoms with Crippen molar-refractivity contribution in [3.05, 3.63) is 30.1 Å². The molecule has 1 N–H and O–H groups in total. The molecule has 0 aromatic heterocycles. The second kappa shape index (κ2) is 8.71. The Balaban J connectivity index is 1.15. The molecule has 4 amide bonds. The smallest absolute Gasteiger partial charge is 0.320 e. The standard InChI is InChI=1S/C24H31FN4O3/c25-19-3-1-4-20(12-19)26-23(31)17-7-9-27(10-8-17)24(32)28-13-16-11-18(15-28)21-5-2-6-22(30)29(21)14-16/h1,3-4,12,16-18,21H,2,5-11,13-15H2,(H,26,31)/t16-,18+,21+/m0/s1. The molecule has 0 radical (unpaired) electrons. The molecule has 8 heteroatoms. The summed E-state index contributed by atoms with van der Waals surface area (Å²) in [5.41, 5.74) is 0.462. The Labute approximate surface area is 187 Å². The minimum absolute atomic E-state index is 0.0688. The highest BCUT2D eigenvalue weighted by atomic mass is 19.1. The predicted molar refractivity (Wildman–Crippen MR) is 117 cm³/mol. The van der Waals surface area contributed by atoms with Crippen LogP contribution in [0.5, 0.6) is 0 Å². The van der Waals surface area contributed by atoms with Crippen molar-refractivity contribution in [3.8, 4) is 0 Å². The fourth-order valence-corrected chi connectivity index (χ4v) is 6.11. The number of carbonyl (C=O) groups is 3. The van der Waals surface area contributed by atoms with Gasteiger partial charge in [0.15, 0.2) is 0 Å². The van der Waals surface area contributed by atoms with Gasteiger partial charge in [0.25, 0.3) is 0 Å². The molecule has 172 valence electrons. The first-order valence-electron chi connectivity index (χ1n) is 11.9. The van der Waals surface area contributed by atoms with Crippen molar-refractivity contribution in [3.63, 3.8) is 0 Å². The van der Waals surface area contributed by atoms with Crippen molar-refractivity contribution < 1.29 is 18.8 Å². The van der Waals surface area contributed by atoms with E-state index in [4.69, 9.17) is 0 Å². The number of hydrogen-bond acceptors (Lipinski definition) is 3. The fraction of sp³-hybridized carbons (Fsp3) is 0.625. The number of fused-ring (bicyclic) bond motifs is 4. The summed E-state index contributed by atoms with van der Waals surface area (Å²) in [6.45, 7) is 3.33. The van der Waals surface area contributed by atoms with E-state index in [2.05, 4.69) is 10.2 Å². The van der Waals surface area contributed by atoms with Gasteiger partial charge in [0.1, 0.15) is 5.82 Å². The van der Waals surface area contributed by atoms with Gasteiger partial charge in [0.2, 0.25) is 11.8 Å². The molecule has 0 unspecified atom stereocenters. The maximum Gasteiger partial charge on any atom is 0.320 e. The topological polar surface area (TPSA) is 73.0 Å². The molecule has 4 heterocycles. The van der Waals surface area contributed by atoms with Crippen LogP contribution in [-0.4, -0.2) is 71.3 Å². The lowest BCUT2D eigenvalue weighted by Gasteiger charge is -2.53. The van der Waals surface area contributed by atoms with E-state index in [1.54, 1.807) is 12.1 Å². The molecule has 1 aromatic rings. The van der Waals surface area contributed by atoms with Crippen molar-refractivity contribution in [2.24, 2.45) is 17.8 Å². The molecule has 3 atom stereocenters. The lowest BCUT2D eigenvalue weighted by molar-refractivity contribution is -0.144. The van der Waals surface area contributed by atoms with Gasteiger partial charge in [-0.05, 0) is 62.1 Å². The Bertz CT molecular complexity index is 901. The van der Waals surface area contributed by atoms with E-state index in [9.17, 15) is 18.8 Å². The zero-order valence-corrected chi connectivity index (χ0v) is 18.3. The molecule has 0 saturated carbocycles. The Kier molecular flexibility index (Phi) is 5.78. The van der Waals surface area contributed by atoms with E-state index in [-0.39, 0.29) is 29.6 Å². The maximum absolute atomic E-state index is 13.4. The molecule has 4 aliphatic rings. The van der Waals surface area contributed by atoms with Crippen LogP contribution in [0.15, 0.2) is 24.3 Å². The number of piperidine rings is 4. The highest BCUT2D eigenvalue weighted by Gasteiger charge is 2.45. The van der Waals surface area contributed by atoms with E-state index in [0.717, 1.165) is 32.4 Å². The van der Waals surface area contributed by atoms with Crippen LogP contribution in [0, 0.1) is 23.6 Å². The van der Waals surface area contributed by atoms with Crippen molar-refractivity contribution in [1.29, 1.82) is 0 Å². The fourth-order valence-electron chi connectivity index (χ4n) is 6.11. The summed E-state index contributed by atoms with van der Waals surface area (Å²) in [7, 11) is 0. The number of halogens is 1. The molecule has 5 rings (SSSR count). The van der Waals surface area contributed by atoms with Crippen LogP contribution in [0.2, 0.25) is 0 Å². The van der Waals surface area contributed by atoms with Crippen molar-refractivity contribution >= 4 is 23.5 Å². The SMILES string of the molecule is O=C(Nc1cccc(F)c1)C1CCN(C(=O)N2C[C@@H]3C[C@H](C2)[C@H]2CCCC(=O)N2C3)CC1. The summed E-state index contributed by atoms with van der Waals surface area (Å²) < 4.78 is 13.4. The molecule has 0 spiro atoms. The second-order valence-electron chi connectivity index (χ2n) is 9.82. The van der Waals surface area contributed by atoms with E-state index < -0.39 is 0 Å². The molecule has 4 fully saturated rings. The van der Waals surface area contributed by atoms with Crippen LogP contribution >= 0.6 is 0 Å². The Morgan fingerprint density at radius 2 is 1.84 bits per heavy atom. The van der Waals surface area contributed by atoms with Crippen molar-refractivity contribution in [2.45, 2.75) is 44.6 Å². The number of likely N-dealkylation sites (tertiary alicyclic amines) is 2. The number of hydrogen-bond donors (Lipinski definition) is 1. The molecule has 0 aliphatic carbocycles. The summed E-state index contributed by atoms with van der Waals surface area (Å²) >= 11 is 0. The zero-order valence-electron chi connectivity index (χ0n) is 18.3. The molecule has 1 aromatic carbocycles. The molecular weight excluding hydrogens is 411 g/mol. The largest absolute Gasteiger partial charge is 0.339 e. The van der Waals surface area contributed by atoms with Crippen LogP contribution in [-0.2, 0) is 9.59 Å². The van der Waals surface area contributed by atoms with Gasteiger partial charge in [-0.3, -0.25) is 9.59 Å². The number of nitrogens with one attached hydrogen (secondary N) is 1. The highest BCUT2D eigenvalue weighted by molar-refractivity contribution is 5.92. The van der Waals surface area contributed by atoms with Gasteiger partial charge >= 0.3 is 6.03 Å². The third-order valence-corrected chi connectivity index (χ3v) is 7.68. The number of carbonyl (C=O) groups excluding carboxylic acids is 3. The Hall–Kier alpha value is -2.64. The summed E-state index contributed by atoms with van der Waals surface area (Å²) in [6, 6.07) is 6.26. The average Bonchev–Trinajstić information content (AvgIpc) is 2.79. The van der Waals surface area contributed by atoms with E-state index in [0.29, 0.717) is 62.5 Å². The first kappa shape index (κ1) is 21.2. The molecule has 32 heavy (non-hydrogen) atoms. The molecule has 4 aliphatic heterocycles. The number of urea groups is 1. The van der Waals surface area contributed by atoms with Crippen LogP contribution in [0.3, 0.4) is 0 Å². The number of amides is 4. The van der Waals surface area contributed by atoms with Crippen LogP contribution < -0.4 is 5.32 Å². The van der Waals surface area contributed by atoms with E-state index >= 15 is 0 Å². The Morgan fingerprint density at radius 3 is 2.62 bits per heavy atom. The van der Waals surface area contributed by atoms with Gasteiger partial charge in [0, 0.05) is 56.8 Å². The van der Waals surface area contributed by atoms with Crippen LogP contribution in [0.1, 0.15) is 38.5 Å². The summed E-state index contributed by atoms with van der Waals surface area (Å²) in [5.74, 6) is 0.363. The quantitative estimate of drug-likeness (QED) is 0.766. The average molecular weight is 443 g/mol. The number of rotatable bonds is 2. The zero-order chi connectivity index (χ0) is 22.2. The normalized spacial score (nSPS) is 28.3. The molecule has 7 nitrogen and oxygen atoms in total. The van der Waals surface area contributed by atoms with Crippen molar-refractivity contribution in [1.82, 2.24) is 14.7 Å². The number of benzene rings is 1. The minimum Gasteiger partial charge on any atom is -0.339 e. The molecule has 2 bridgehead atoms. The number of anilines is 1. The van der Waals surface area contributed by atoms with Gasteiger partial charge in [0.05, 0.1) is 0 Å². The highest BCUT2D eigenvalue weighted by Crippen LogP contribution is 2.38. The van der Waals surface area contributed by atoms with E-state index in [1.165, 1.54) is 12.1 Å². The first-order valence-corrected chi connectivity index (χ1v) is 11.9. The summed E-state index contributed by atoms with van der Waals surface area (Å²) in [6.07, 6.45) is 5.01. The van der Waals surface area contributed by atoms with Gasteiger partial charge in [-0.2, -0.15) is 0 Å². The van der Waals surface area contributed by atoms with Gasteiger partial charge in [-0.25, -0.2) is 9.18 Å².